The Labute approximate surface area is 214 Å². The fraction of sp³-hybridized carbons (Fsp3) is 0.391. The van der Waals surface area contributed by atoms with Crippen molar-refractivity contribution >= 4 is 66.6 Å². The molecule has 7 nitrogen and oxygen atoms in total. The molecule has 3 aromatic rings. The summed E-state index contributed by atoms with van der Waals surface area (Å²) in [5.74, 6) is 0.655. The summed E-state index contributed by atoms with van der Waals surface area (Å²) in [7, 11) is -3.42. The standard InChI is InChI=1S/C23H27N3O4S3.ClH/c1-33(28,29)20-9-5-8-19-22(20)24-23(32-19)26(12-11-25-13-15-30-16-14-25)21(27)10-17-31-18-6-3-2-4-7-18;/h2-9H,10-17H2,1H3;1H. The zero-order chi connectivity index (χ0) is 23.3. The molecule has 2 aromatic carbocycles. The first kappa shape index (κ1) is 26.9. The number of hydrogen-bond acceptors (Lipinski definition) is 8. The molecule has 11 heteroatoms. The predicted octanol–water partition coefficient (Wildman–Crippen LogP) is 3.97. The molecule has 1 aliphatic rings. The molecule has 4 rings (SSSR count). The fourth-order valence-electron chi connectivity index (χ4n) is 3.63. The lowest BCUT2D eigenvalue weighted by Gasteiger charge is -2.29. The number of anilines is 1. The number of halogens is 1. The van der Waals surface area contributed by atoms with E-state index >= 15 is 0 Å². The minimum Gasteiger partial charge on any atom is -0.379 e. The van der Waals surface area contributed by atoms with Crippen LogP contribution in [0.5, 0.6) is 0 Å². The van der Waals surface area contributed by atoms with Gasteiger partial charge in [0.1, 0.15) is 5.52 Å². The zero-order valence-electron chi connectivity index (χ0n) is 18.9. The third-order valence-corrected chi connectivity index (χ3v) is 8.56. The second kappa shape index (κ2) is 12.3. The first-order valence-electron chi connectivity index (χ1n) is 10.8. The number of carbonyl (C=O) groups is 1. The number of morpholine rings is 1. The van der Waals surface area contributed by atoms with Crippen LogP contribution in [0.25, 0.3) is 10.2 Å². The second-order valence-corrected chi connectivity index (χ2v) is 11.9. The van der Waals surface area contributed by atoms with E-state index in [0.29, 0.717) is 42.6 Å². The Balaban J connectivity index is 0.00000324. The van der Waals surface area contributed by atoms with Gasteiger partial charge in [0.25, 0.3) is 0 Å². The van der Waals surface area contributed by atoms with Crippen LogP contribution in [0.15, 0.2) is 58.3 Å². The van der Waals surface area contributed by atoms with Crippen molar-refractivity contribution in [3.05, 3.63) is 48.5 Å². The van der Waals surface area contributed by atoms with Gasteiger partial charge in [0.15, 0.2) is 15.0 Å². The van der Waals surface area contributed by atoms with E-state index in [-0.39, 0.29) is 23.2 Å². The van der Waals surface area contributed by atoms with Gasteiger partial charge in [0.05, 0.1) is 22.8 Å². The number of ether oxygens (including phenoxy) is 1. The van der Waals surface area contributed by atoms with E-state index in [9.17, 15) is 13.2 Å². The van der Waals surface area contributed by atoms with Crippen LogP contribution < -0.4 is 4.90 Å². The number of fused-ring (bicyclic) bond motifs is 1. The molecule has 0 unspecified atom stereocenters. The van der Waals surface area contributed by atoms with E-state index in [1.54, 1.807) is 28.8 Å². The molecular weight excluding hydrogens is 514 g/mol. The quantitative estimate of drug-likeness (QED) is 0.379. The number of amides is 1. The van der Waals surface area contributed by atoms with Crippen molar-refractivity contribution in [1.82, 2.24) is 9.88 Å². The summed E-state index contributed by atoms with van der Waals surface area (Å²) >= 11 is 3.01. The predicted molar refractivity (Wildman–Crippen MR) is 141 cm³/mol. The van der Waals surface area contributed by atoms with E-state index < -0.39 is 9.84 Å². The Morgan fingerprint density at radius 2 is 1.88 bits per heavy atom. The van der Waals surface area contributed by atoms with Crippen LogP contribution in [0.4, 0.5) is 5.13 Å². The van der Waals surface area contributed by atoms with Crippen LogP contribution in [0.1, 0.15) is 6.42 Å². The van der Waals surface area contributed by atoms with Crippen molar-refractivity contribution in [2.45, 2.75) is 16.2 Å². The Morgan fingerprint density at radius 3 is 2.59 bits per heavy atom. The van der Waals surface area contributed by atoms with Gasteiger partial charge in [0, 0.05) is 49.5 Å². The van der Waals surface area contributed by atoms with E-state index in [2.05, 4.69) is 9.88 Å². The fourth-order valence-corrected chi connectivity index (χ4v) is 6.42. The number of aromatic nitrogens is 1. The Hall–Kier alpha value is -1.69. The summed E-state index contributed by atoms with van der Waals surface area (Å²) in [6.45, 7) is 4.29. The number of thiazole rings is 1. The molecule has 0 aliphatic carbocycles. The Morgan fingerprint density at radius 1 is 1.15 bits per heavy atom. The van der Waals surface area contributed by atoms with Crippen molar-refractivity contribution in [3.63, 3.8) is 0 Å². The number of para-hydroxylation sites is 1. The average molecular weight is 542 g/mol. The molecule has 34 heavy (non-hydrogen) atoms. The molecule has 1 fully saturated rings. The van der Waals surface area contributed by atoms with Gasteiger partial charge in [-0.1, -0.05) is 35.6 Å². The number of carbonyl (C=O) groups excluding carboxylic acids is 1. The largest absolute Gasteiger partial charge is 0.379 e. The third kappa shape index (κ3) is 6.93. The van der Waals surface area contributed by atoms with Crippen molar-refractivity contribution in [3.8, 4) is 0 Å². The van der Waals surface area contributed by atoms with E-state index in [1.165, 1.54) is 17.6 Å². The highest BCUT2D eigenvalue weighted by atomic mass is 35.5. The van der Waals surface area contributed by atoms with Crippen molar-refractivity contribution < 1.29 is 17.9 Å². The lowest BCUT2D eigenvalue weighted by atomic mass is 10.3. The highest BCUT2D eigenvalue weighted by Crippen LogP contribution is 2.33. The summed E-state index contributed by atoms with van der Waals surface area (Å²) in [5.41, 5.74) is 0.433. The molecule has 1 aliphatic heterocycles. The number of benzene rings is 2. The summed E-state index contributed by atoms with van der Waals surface area (Å²) in [6.07, 6.45) is 1.56. The summed E-state index contributed by atoms with van der Waals surface area (Å²) in [4.78, 5) is 23.2. The monoisotopic (exact) mass is 541 g/mol. The van der Waals surface area contributed by atoms with Gasteiger partial charge in [0.2, 0.25) is 5.91 Å². The van der Waals surface area contributed by atoms with Crippen LogP contribution in [-0.4, -0.2) is 75.6 Å². The van der Waals surface area contributed by atoms with Crippen LogP contribution in [0.3, 0.4) is 0 Å². The first-order valence-corrected chi connectivity index (χ1v) is 14.5. The van der Waals surface area contributed by atoms with E-state index in [1.807, 2.05) is 36.4 Å². The lowest BCUT2D eigenvalue weighted by molar-refractivity contribution is -0.118. The minimum absolute atomic E-state index is 0. The average Bonchev–Trinajstić information content (AvgIpc) is 3.24. The molecule has 0 saturated carbocycles. The summed E-state index contributed by atoms with van der Waals surface area (Å²) in [6, 6.07) is 15.1. The molecule has 0 spiro atoms. The molecule has 0 radical (unpaired) electrons. The molecule has 1 amide bonds. The number of nitrogens with zero attached hydrogens (tertiary/aromatic N) is 3. The molecule has 0 atom stereocenters. The van der Waals surface area contributed by atoms with Crippen LogP contribution >= 0.6 is 35.5 Å². The summed E-state index contributed by atoms with van der Waals surface area (Å²) in [5, 5.41) is 0.545. The first-order chi connectivity index (χ1) is 15.9. The molecule has 2 heterocycles. The van der Waals surface area contributed by atoms with E-state index in [0.717, 1.165) is 29.2 Å². The molecule has 1 saturated heterocycles. The number of sulfone groups is 1. The Kier molecular flexibility index (Phi) is 9.75. The highest BCUT2D eigenvalue weighted by Gasteiger charge is 2.23. The molecule has 1 aromatic heterocycles. The Bertz CT molecular complexity index is 1200. The minimum atomic E-state index is -3.42. The maximum Gasteiger partial charge on any atom is 0.229 e. The van der Waals surface area contributed by atoms with Crippen LogP contribution in [-0.2, 0) is 19.4 Å². The van der Waals surface area contributed by atoms with Crippen LogP contribution in [0, 0.1) is 0 Å². The SMILES string of the molecule is CS(=O)(=O)c1cccc2sc(N(CCN3CCOCC3)C(=O)CCSc3ccccc3)nc12.Cl. The van der Waals surface area contributed by atoms with Crippen molar-refractivity contribution in [2.24, 2.45) is 0 Å². The maximum atomic E-state index is 13.3. The van der Waals surface area contributed by atoms with Gasteiger partial charge in [-0.05, 0) is 24.3 Å². The number of hydrogen-bond donors (Lipinski definition) is 0. The number of thioether (sulfide) groups is 1. The second-order valence-electron chi connectivity index (χ2n) is 7.78. The van der Waals surface area contributed by atoms with Crippen LogP contribution in [0.2, 0.25) is 0 Å². The molecule has 184 valence electrons. The van der Waals surface area contributed by atoms with Gasteiger partial charge in [-0.25, -0.2) is 13.4 Å². The molecule has 0 N–H and O–H groups in total. The highest BCUT2D eigenvalue weighted by molar-refractivity contribution is 7.99. The van der Waals surface area contributed by atoms with Gasteiger partial charge >= 0.3 is 0 Å². The number of rotatable bonds is 9. The van der Waals surface area contributed by atoms with Crippen molar-refractivity contribution in [1.29, 1.82) is 0 Å². The van der Waals surface area contributed by atoms with Gasteiger partial charge in [-0.2, -0.15) is 0 Å². The maximum absolute atomic E-state index is 13.3. The smallest absolute Gasteiger partial charge is 0.229 e. The molecular formula is C23H28ClN3O4S3. The van der Waals surface area contributed by atoms with Gasteiger partial charge in [-0.3, -0.25) is 14.6 Å². The topological polar surface area (TPSA) is 79.8 Å². The third-order valence-electron chi connectivity index (χ3n) is 5.37. The lowest BCUT2D eigenvalue weighted by Crippen LogP contribution is -2.43. The summed E-state index contributed by atoms with van der Waals surface area (Å²) < 4.78 is 30.6. The van der Waals surface area contributed by atoms with Gasteiger partial charge in [-0.15, -0.1) is 24.2 Å². The molecule has 0 bridgehead atoms. The normalized spacial score (nSPS) is 14.6. The zero-order valence-corrected chi connectivity index (χ0v) is 22.1. The van der Waals surface area contributed by atoms with E-state index in [4.69, 9.17) is 4.74 Å². The van der Waals surface area contributed by atoms with Gasteiger partial charge < -0.3 is 4.74 Å². The van der Waals surface area contributed by atoms with Crippen molar-refractivity contribution in [2.75, 3.05) is 56.3 Å².